The van der Waals surface area contributed by atoms with Gasteiger partial charge in [-0.3, -0.25) is 14.5 Å². The van der Waals surface area contributed by atoms with Crippen LogP contribution in [0.15, 0.2) is 28.9 Å². The van der Waals surface area contributed by atoms with Gasteiger partial charge in [-0.2, -0.15) is 0 Å². The second kappa shape index (κ2) is 12.2. The molecule has 2 saturated heterocycles. The van der Waals surface area contributed by atoms with Crippen LogP contribution >= 0.6 is 0 Å². The van der Waals surface area contributed by atoms with E-state index in [1.165, 1.54) is 23.1 Å². The molecule has 2 N–H and O–H groups in total. The van der Waals surface area contributed by atoms with Crippen molar-refractivity contribution in [2.24, 2.45) is 17.8 Å². The van der Waals surface area contributed by atoms with E-state index in [1.807, 2.05) is 26.0 Å². The van der Waals surface area contributed by atoms with Crippen molar-refractivity contribution in [2.75, 3.05) is 0 Å². The summed E-state index contributed by atoms with van der Waals surface area (Å²) in [5, 5.41) is 21.1. The summed E-state index contributed by atoms with van der Waals surface area (Å²) in [7, 11) is -0.928. The first-order chi connectivity index (χ1) is 19.2. The Morgan fingerprint density at radius 1 is 1.05 bits per heavy atom. The molecule has 3 fully saturated rings. The molecule has 0 aromatic heterocycles. The van der Waals surface area contributed by atoms with Crippen LogP contribution in [-0.2, 0) is 14.2 Å². The molecule has 2 amide bonds. The standard InChI is InChI=1S/C33H46BNO5/c1-5-10-22(17-23-15-20(3)31(36)21(4)16-23)13-14-28-29-24(6-2)18-26-30(27(29)19-34(39)40-28)33(38)35(32(26)37)25-11-8-7-9-12-25/h15-17,25-28,30,36,39H,5-14,18-19H2,1-4H3/b22-17+/t26-,27+,28-,30-/m1/s1. The fourth-order valence-corrected chi connectivity index (χ4v) is 8.04. The van der Waals surface area contributed by atoms with Crippen LogP contribution in [0.3, 0.4) is 0 Å². The van der Waals surface area contributed by atoms with E-state index in [4.69, 9.17) is 4.65 Å². The number of carbonyl (C=O) groups is 2. The van der Waals surface area contributed by atoms with Crippen LogP contribution in [0.4, 0.5) is 0 Å². The molecule has 1 aromatic rings. The summed E-state index contributed by atoms with van der Waals surface area (Å²) < 4.78 is 6.20. The lowest BCUT2D eigenvalue weighted by atomic mass is 9.58. The van der Waals surface area contributed by atoms with Crippen molar-refractivity contribution in [2.45, 2.75) is 117 Å². The van der Waals surface area contributed by atoms with Gasteiger partial charge in [0.1, 0.15) is 5.75 Å². The number of rotatable bonds is 8. The minimum atomic E-state index is -0.928. The molecule has 4 atom stereocenters. The van der Waals surface area contributed by atoms with Crippen molar-refractivity contribution in [3.05, 3.63) is 45.5 Å². The number of phenols is 1. The number of carbonyl (C=O) groups excluding carboxylic acids is 2. The van der Waals surface area contributed by atoms with E-state index >= 15 is 0 Å². The predicted molar refractivity (Wildman–Crippen MR) is 158 cm³/mol. The Bertz CT molecular complexity index is 1180. The van der Waals surface area contributed by atoms with Crippen LogP contribution in [0.25, 0.3) is 6.08 Å². The lowest BCUT2D eigenvalue weighted by Crippen LogP contribution is -2.46. The number of allylic oxidation sites excluding steroid dienone is 2. The molecule has 0 bridgehead atoms. The number of phenolic OH excluding ortho intramolecular Hbond substituents is 1. The van der Waals surface area contributed by atoms with Crippen LogP contribution < -0.4 is 0 Å². The maximum atomic E-state index is 13.9. The molecule has 0 radical (unpaired) electrons. The topological polar surface area (TPSA) is 87.1 Å². The van der Waals surface area contributed by atoms with Crippen LogP contribution in [0.5, 0.6) is 5.75 Å². The van der Waals surface area contributed by atoms with Gasteiger partial charge in [-0.1, -0.05) is 56.8 Å². The number of fused-ring (bicyclic) bond motifs is 3. The summed E-state index contributed by atoms with van der Waals surface area (Å²) in [6.07, 6.45) is 12.6. The van der Waals surface area contributed by atoms with Gasteiger partial charge < -0.3 is 14.8 Å². The van der Waals surface area contributed by atoms with Gasteiger partial charge in [0.15, 0.2) is 0 Å². The average molecular weight is 548 g/mol. The Morgan fingerprint density at radius 3 is 2.40 bits per heavy atom. The van der Waals surface area contributed by atoms with Crippen LogP contribution in [0.2, 0.25) is 6.32 Å². The van der Waals surface area contributed by atoms with Gasteiger partial charge in [0.2, 0.25) is 11.8 Å². The summed E-state index contributed by atoms with van der Waals surface area (Å²) >= 11 is 0. The highest BCUT2D eigenvalue weighted by atomic mass is 16.5. The second-order valence-corrected chi connectivity index (χ2v) is 12.6. The number of aryl methyl sites for hydroxylation is 2. The van der Waals surface area contributed by atoms with Crippen molar-refractivity contribution in [1.82, 2.24) is 4.90 Å². The van der Waals surface area contributed by atoms with E-state index in [-0.39, 0.29) is 41.7 Å². The van der Waals surface area contributed by atoms with Crippen molar-refractivity contribution in [3.8, 4) is 5.75 Å². The third-order valence-electron chi connectivity index (χ3n) is 9.89. The zero-order valence-electron chi connectivity index (χ0n) is 24.7. The Hall–Kier alpha value is -2.38. The monoisotopic (exact) mass is 547 g/mol. The van der Waals surface area contributed by atoms with Gasteiger partial charge in [0.05, 0.1) is 17.9 Å². The first-order valence-electron chi connectivity index (χ1n) is 15.6. The average Bonchev–Trinajstić information content (AvgIpc) is 3.19. The predicted octanol–water partition coefficient (Wildman–Crippen LogP) is 6.51. The molecule has 2 aliphatic carbocycles. The number of aromatic hydroxyl groups is 1. The molecule has 5 rings (SSSR count). The first-order valence-corrected chi connectivity index (χ1v) is 15.6. The second-order valence-electron chi connectivity index (χ2n) is 12.6. The third kappa shape index (κ3) is 5.56. The molecule has 6 nitrogen and oxygen atoms in total. The van der Waals surface area contributed by atoms with Gasteiger partial charge in [-0.05, 0) is 105 Å². The molecule has 4 aliphatic rings. The minimum absolute atomic E-state index is 0.00274. The molecule has 216 valence electrons. The molecule has 2 heterocycles. The van der Waals surface area contributed by atoms with Gasteiger partial charge >= 0.3 is 7.12 Å². The van der Waals surface area contributed by atoms with Crippen molar-refractivity contribution >= 4 is 25.0 Å². The zero-order valence-corrected chi connectivity index (χ0v) is 24.7. The quantitative estimate of drug-likeness (QED) is 0.220. The van der Waals surface area contributed by atoms with Crippen LogP contribution in [0, 0.1) is 31.6 Å². The highest BCUT2D eigenvalue weighted by Gasteiger charge is 2.58. The lowest BCUT2D eigenvalue weighted by molar-refractivity contribution is -0.143. The molecule has 1 aromatic carbocycles. The third-order valence-corrected chi connectivity index (χ3v) is 9.89. The Labute approximate surface area is 240 Å². The van der Waals surface area contributed by atoms with Gasteiger partial charge in [0, 0.05) is 6.04 Å². The van der Waals surface area contributed by atoms with Crippen LogP contribution in [0.1, 0.15) is 101 Å². The lowest BCUT2D eigenvalue weighted by Gasteiger charge is -2.43. The SMILES string of the molecule is CCC/C(=C\c1cc(C)c(O)c(C)c1)CC[C@H]1OB(O)C[C@H]2C1=C(CC)C[C@H]1C(=O)N(C3CCCCC3)C(=O)[C@H]12. The largest absolute Gasteiger partial charge is 0.507 e. The number of benzene rings is 1. The van der Waals surface area contributed by atoms with E-state index in [0.29, 0.717) is 18.5 Å². The first kappa shape index (κ1) is 29.1. The number of amides is 2. The number of imide groups is 1. The van der Waals surface area contributed by atoms with Gasteiger partial charge in [0.25, 0.3) is 0 Å². The summed E-state index contributed by atoms with van der Waals surface area (Å²) in [6, 6.07) is 4.09. The molecule has 0 unspecified atom stereocenters. The summed E-state index contributed by atoms with van der Waals surface area (Å²) in [4.78, 5) is 29.2. The van der Waals surface area contributed by atoms with Gasteiger partial charge in [-0.15, -0.1) is 0 Å². The molecule has 2 aliphatic heterocycles. The Kier molecular flexibility index (Phi) is 8.91. The fourth-order valence-electron chi connectivity index (χ4n) is 8.04. The minimum Gasteiger partial charge on any atom is -0.507 e. The normalized spacial score (nSPS) is 27.9. The van der Waals surface area contributed by atoms with Crippen molar-refractivity contribution in [3.63, 3.8) is 0 Å². The number of likely N-dealkylation sites (tertiary alicyclic amines) is 1. The maximum Gasteiger partial charge on any atom is 0.455 e. The number of hydrogen-bond acceptors (Lipinski definition) is 5. The highest BCUT2D eigenvalue weighted by molar-refractivity contribution is 6.43. The van der Waals surface area contributed by atoms with Crippen molar-refractivity contribution in [1.29, 1.82) is 0 Å². The smallest absolute Gasteiger partial charge is 0.455 e. The number of hydrogen-bond donors (Lipinski definition) is 2. The molecular formula is C33H46BNO5. The van der Waals surface area contributed by atoms with Gasteiger partial charge in [-0.25, -0.2) is 0 Å². The maximum absolute atomic E-state index is 13.9. The summed E-state index contributed by atoms with van der Waals surface area (Å²) in [6.45, 7) is 8.17. The molecular weight excluding hydrogens is 501 g/mol. The van der Waals surface area contributed by atoms with E-state index in [2.05, 4.69) is 19.9 Å². The zero-order chi connectivity index (χ0) is 28.6. The van der Waals surface area contributed by atoms with E-state index in [9.17, 15) is 19.7 Å². The van der Waals surface area contributed by atoms with Crippen LogP contribution in [-0.4, -0.2) is 46.1 Å². The molecule has 7 heteroatoms. The molecule has 1 saturated carbocycles. The highest BCUT2D eigenvalue weighted by Crippen LogP contribution is 2.52. The van der Waals surface area contributed by atoms with E-state index in [0.717, 1.165) is 74.5 Å². The summed E-state index contributed by atoms with van der Waals surface area (Å²) in [5.74, 6) is -0.418. The molecule has 0 spiro atoms. The van der Waals surface area contributed by atoms with E-state index < -0.39 is 7.12 Å². The fraction of sp³-hybridized carbons (Fsp3) is 0.636. The molecule has 40 heavy (non-hydrogen) atoms. The van der Waals surface area contributed by atoms with Crippen molar-refractivity contribution < 1.29 is 24.4 Å². The number of nitrogens with zero attached hydrogens (tertiary/aromatic N) is 1. The Morgan fingerprint density at radius 2 is 1.75 bits per heavy atom. The Balaban J connectivity index is 1.40. The van der Waals surface area contributed by atoms with E-state index in [1.54, 1.807) is 4.90 Å². The summed E-state index contributed by atoms with van der Waals surface area (Å²) in [5.41, 5.74) is 6.58.